The lowest BCUT2D eigenvalue weighted by Crippen LogP contribution is -2.51. The van der Waals surface area contributed by atoms with Gasteiger partial charge in [-0.05, 0) is 44.4 Å². The van der Waals surface area contributed by atoms with E-state index in [2.05, 4.69) is 32.6 Å². The number of rotatable bonds is 8. The van der Waals surface area contributed by atoms with Crippen LogP contribution in [0.5, 0.6) is 0 Å². The molecule has 0 spiro atoms. The summed E-state index contributed by atoms with van der Waals surface area (Å²) in [5.41, 5.74) is -1.79. The molecule has 1 aliphatic rings. The minimum Gasteiger partial charge on any atom is -0.336 e. The number of halogens is 3. The van der Waals surface area contributed by atoms with E-state index in [1.54, 1.807) is 24.3 Å². The van der Waals surface area contributed by atoms with Crippen molar-refractivity contribution in [2.75, 3.05) is 6.67 Å². The number of nitrogens with zero attached hydrogens (tertiary/aromatic N) is 1. The highest BCUT2D eigenvalue weighted by Crippen LogP contribution is 2.34. The molecule has 1 aliphatic carbocycles. The van der Waals surface area contributed by atoms with Crippen LogP contribution in [-0.2, 0) is 4.79 Å². The van der Waals surface area contributed by atoms with E-state index in [0.717, 1.165) is 4.47 Å². The molecule has 136 valence electrons. The molecule has 0 radical (unpaired) electrons. The molecule has 1 amide bonds. The Hall–Kier alpha value is -1.52. The zero-order valence-electron chi connectivity index (χ0n) is 14.3. The van der Waals surface area contributed by atoms with Gasteiger partial charge in [-0.1, -0.05) is 28.1 Å². The molecule has 1 aromatic carbocycles. The Kier molecular flexibility index (Phi) is 6.17. The first kappa shape index (κ1) is 19.8. The number of alkyl halides is 2. The third-order valence-corrected chi connectivity index (χ3v) is 4.69. The summed E-state index contributed by atoms with van der Waals surface area (Å²) in [5, 5.41) is 14.7. The van der Waals surface area contributed by atoms with Crippen molar-refractivity contribution in [1.29, 1.82) is 5.26 Å². The molecule has 0 saturated heterocycles. The molecule has 0 aliphatic heterocycles. The second kappa shape index (κ2) is 7.79. The first-order valence-corrected chi connectivity index (χ1v) is 8.97. The number of benzene rings is 1. The number of hydrogen-bond acceptors (Lipinski definition) is 3. The summed E-state index contributed by atoms with van der Waals surface area (Å²) < 4.78 is 28.6. The van der Waals surface area contributed by atoms with Gasteiger partial charge in [-0.15, -0.1) is 0 Å². The van der Waals surface area contributed by atoms with Crippen LogP contribution in [0, 0.1) is 11.3 Å². The van der Waals surface area contributed by atoms with E-state index in [1.807, 2.05) is 0 Å². The van der Waals surface area contributed by atoms with Crippen molar-refractivity contribution in [1.82, 2.24) is 10.6 Å². The summed E-state index contributed by atoms with van der Waals surface area (Å²) in [6, 6.07) is 7.46. The van der Waals surface area contributed by atoms with Crippen LogP contribution in [0.4, 0.5) is 8.78 Å². The summed E-state index contributed by atoms with van der Waals surface area (Å²) in [6.45, 7) is 2.01. The zero-order chi connectivity index (χ0) is 18.7. The summed E-state index contributed by atoms with van der Waals surface area (Å²) in [6.07, 6.45) is 1.05. The molecule has 2 atom stereocenters. The lowest BCUT2D eigenvalue weighted by molar-refractivity contribution is -0.125. The van der Waals surface area contributed by atoms with Crippen LogP contribution in [0.3, 0.4) is 0 Å². The monoisotopic (exact) mass is 413 g/mol. The largest absolute Gasteiger partial charge is 0.336 e. The van der Waals surface area contributed by atoms with Crippen molar-refractivity contribution in [3.8, 4) is 6.07 Å². The highest BCUT2D eigenvalue weighted by atomic mass is 79.9. The van der Waals surface area contributed by atoms with Gasteiger partial charge in [0.2, 0.25) is 5.91 Å². The summed E-state index contributed by atoms with van der Waals surface area (Å²) in [7, 11) is 0. The second-order valence-electron chi connectivity index (χ2n) is 7.08. The van der Waals surface area contributed by atoms with Gasteiger partial charge >= 0.3 is 0 Å². The van der Waals surface area contributed by atoms with E-state index >= 15 is 0 Å². The van der Waals surface area contributed by atoms with Crippen LogP contribution in [-0.4, -0.2) is 29.8 Å². The molecular weight excluding hydrogens is 392 g/mol. The summed E-state index contributed by atoms with van der Waals surface area (Å²) in [5.74, 6) is -0.472. The second-order valence-corrected chi connectivity index (χ2v) is 8.00. The Morgan fingerprint density at radius 2 is 2.00 bits per heavy atom. The average molecular weight is 414 g/mol. The average Bonchev–Trinajstić information content (AvgIpc) is 3.31. The van der Waals surface area contributed by atoms with Crippen LogP contribution in [0.2, 0.25) is 0 Å². The van der Waals surface area contributed by atoms with Crippen molar-refractivity contribution >= 4 is 21.8 Å². The smallest absolute Gasteiger partial charge is 0.238 e. The Labute approximate surface area is 155 Å². The molecular formula is C18H22BrF2N3O. The fourth-order valence-corrected chi connectivity index (χ4v) is 2.86. The van der Waals surface area contributed by atoms with Gasteiger partial charge < -0.3 is 5.32 Å². The molecule has 1 aromatic rings. The van der Waals surface area contributed by atoms with E-state index in [4.69, 9.17) is 5.26 Å². The van der Waals surface area contributed by atoms with Gasteiger partial charge in [0.05, 0.1) is 18.2 Å². The number of hydrogen-bond donors (Lipinski definition) is 2. The highest BCUT2D eigenvalue weighted by molar-refractivity contribution is 9.10. The van der Waals surface area contributed by atoms with Gasteiger partial charge in [0.1, 0.15) is 17.9 Å². The number of nitrogens with one attached hydrogen (secondary N) is 2. The van der Waals surface area contributed by atoms with E-state index in [-0.39, 0.29) is 6.42 Å². The minimum atomic E-state index is -1.61. The molecule has 0 bridgehead atoms. The zero-order valence-corrected chi connectivity index (χ0v) is 15.9. The van der Waals surface area contributed by atoms with Crippen LogP contribution < -0.4 is 10.6 Å². The minimum absolute atomic E-state index is 0.118. The molecule has 25 heavy (non-hydrogen) atoms. The van der Waals surface area contributed by atoms with Crippen molar-refractivity contribution in [2.24, 2.45) is 0 Å². The highest BCUT2D eigenvalue weighted by Gasteiger charge is 2.46. The van der Waals surface area contributed by atoms with E-state index in [0.29, 0.717) is 18.4 Å². The van der Waals surface area contributed by atoms with Crippen molar-refractivity contribution in [2.45, 2.75) is 56.4 Å². The molecule has 1 saturated carbocycles. The quantitative estimate of drug-likeness (QED) is 0.682. The Bertz CT molecular complexity index is 648. The lowest BCUT2D eigenvalue weighted by atomic mass is 9.97. The number of nitriles is 1. The predicted octanol–water partition coefficient (Wildman–Crippen LogP) is 3.73. The van der Waals surface area contributed by atoms with Crippen molar-refractivity contribution < 1.29 is 13.6 Å². The van der Waals surface area contributed by atoms with Gasteiger partial charge in [-0.2, -0.15) is 5.26 Å². The summed E-state index contributed by atoms with van der Waals surface area (Å²) in [4.78, 5) is 12.6. The van der Waals surface area contributed by atoms with Crippen molar-refractivity contribution in [3.05, 3.63) is 34.3 Å². The fourth-order valence-electron chi connectivity index (χ4n) is 2.59. The van der Waals surface area contributed by atoms with Gasteiger partial charge in [-0.3, -0.25) is 10.1 Å². The molecule has 7 heteroatoms. The first-order chi connectivity index (χ1) is 11.7. The van der Waals surface area contributed by atoms with Crippen LogP contribution >= 0.6 is 15.9 Å². The SMILES string of the molecule is CC(C)(F)C[C@H](N[C@H](CF)c1ccc(Br)cc1)C(=O)NC1(C#N)CC1. The van der Waals surface area contributed by atoms with Crippen LogP contribution in [0.25, 0.3) is 0 Å². The molecule has 2 N–H and O–H groups in total. The standard InChI is InChI=1S/C18H22BrF2N3O/c1-17(2,21)9-14(16(25)24-18(11-22)7-8-18)23-15(10-20)12-3-5-13(19)6-4-12/h3-6,14-15,23H,7-10H2,1-2H3,(H,24,25)/t14-,15+/m0/s1. The third kappa shape index (κ3) is 5.75. The predicted molar refractivity (Wildman–Crippen MR) is 95.3 cm³/mol. The van der Waals surface area contributed by atoms with Gasteiger partial charge in [0.15, 0.2) is 0 Å². The van der Waals surface area contributed by atoms with Crippen LogP contribution in [0.1, 0.15) is 44.7 Å². The van der Waals surface area contributed by atoms with E-state index < -0.39 is 35.9 Å². The maximum absolute atomic E-state index is 14.2. The fraction of sp³-hybridized carbons (Fsp3) is 0.556. The van der Waals surface area contributed by atoms with Gasteiger partial charge in [0, 0.05) is 10.9 Å². The molecule has 0 aromatic heterocycles. The number of carbonyl (C=O) groups excluding carboxylic acids is 1. The van der Waals surface area contributed by atoms with Gasteiger partial charge in [0.25, 0.3) is 0 Å². The third-order valence-electron chi connectivity index (χ3n) is 4.16. The van der Waals surface area contributed by atoms with Crippen molar-refractivity contribution in [3.63, 3.8) is 0 Å². The Morgan fingerprint density at radius 1 is 1.40 bits per heavy atom. The number of amides is 1. The molecule has 0 unspecified atom stereocenters. The Balaban J connectivity index is 2.14. The topological polar surface area (TPSA) is 64.9 Å². The molecule has 4 nitrogen and oxygen atoms in total. The summed E-state index contributed by atoms with van der Waals surface area (Å²) >= 11 is 3.32. The maximum atomic E-state index is 14.2. The van der Waals surface area contributed by atoms with E-state index in [1.165, 1.54) is 13.8 Å². The molecule has 2 rings (SSSR count). The van der Waals surface area contributed by atoms with Crippen LogP contribution in [0.15, 0.2) is 28.7 Å². The lowest BCUT2D eigenvalue weighted by Gasteiger charge is -2.28. The normalized spacial score (nSPS) is 18.1. The number of carbonyl (C=O) groups is 1. The molecule has 0 heterocycles. The maximum Gasteiger partial charge on any atom is 0.238 e. The van der Waals surface area contributed by atoms with Gasteiger partial charge in [-0.25, -0.2) is 8.78 Å². The van der Waals surface area contributed by atoms with E-state index in [9.17, 15) is 13.6 Å². The Morgan fingerprint density at radius 3 is 2.44 bits per heavy atom. The first-order valence-electron chi connectivity index (χ1n) is 8.18. The molecule has 1 fully saturated rings.